The van der Waals surface area contributed by atoms with Gasteiger partial charge >= 0.3 is 5.92 Å². The minimum Gasteiger partial charge on any atom is -0.363 e. The molecule has 0 aromatic heterocycles. The van der Waals surface area contributed by atoms with Crippen LogP contribution in [0, 0.1) is 0 Å². The second-order valence-electron chi connectivity index (χ2n) is 3.04. The summed E-state index contributed by atoms with van der Waals surface area (Å²) < 4.78 is 29.9. The Labute approximate surface area is 100 Å². The topological polar surface area (TPSA) is 29.5 Å². The quantitative estimate of drug-likeness (QED) is 0.511. The Morgan fingerprint density at radius 2 is 1.93 bits per heavy atom. The van der Waals surface area contributed by atoms with Crippen molar-refractivity contribution in [3.05, 3.63) is 35.9 Å². The molecular weight excluding hydrogens is 317 g/mol. The molecule has 1 rings (SSSR count). The Morgan fingerprint density at radius 3 is 2.47 bits per heavy atom. The number of rotatable bonds is 5. The van der Waals surface area contributed by atoms with Crippen LogP contribution in [-0.2, 0) is 11.3 Å². The molecule has 1 aromatic rings. The van der Waals surface area contributed by atoms with Gasteiger partial charge in [-0.05, 0) is 5.56 Å². The van der Waals surface area contributed by atoms with E-state index in [2.05, 4.69) is 4.74 Å². The first-order valence-electron chi connectivity index (χ1n) is 4.33. The van der Waals surface area contributed by atoms with Gasteiger partial charge in [0.1, 0.15) is 0 Å². The average Bonchev–Trinajstić information content (AvgIpc) is 2.27. The number of alkyl halides is 3. The van der Waals surface area contributed by atoms with E-state index in [1.165, 1.54) is 22.6 Å². The zero-order chi connectivity index (χ0) is 11.3. The minimum absolute atomic E-state index is 0.0196. The molecule has 0 bridgehead atoms. The van der Waals surface area contributed by atoms with Crippen LogP contribution >= 0.6 is 22.6 Å². The van der Waals surface area contributed by atoms with Crippen LogP contribution in [0.5, 0.6) is 0 Å². The molecule has 1 atom stereocenters. The highest BCUT2D eigenvalue weighted by molar-refractivity contribution is 14.1. The molecule has 0 aliphatic carbocycles. The van der Waals surface area contributed by atoms with Crippen LogP contribution in [0.4, 0.5) is 8.78 Å². The van der Waals surface area contributed by atoms with Crippen LogP contribution in [0.25, 0.3) is 0 Å². The van der Waals surface area contributed by atoms with Crippen molar-refractivity contribution < 1.29 is 18.6 Å². The lowest BCUT2D eigenvalue weighted by molar-refractivity contribution is -0.227. The number of hydrogen-bond donors (Lipinski definition) is 1. The highest BCUT2D eigenvalue weighted by Gasteiger charge is 2.38. The first-order valence-corrected chi connectivity index (χ1v) is 5.86. The molecule has 84 valence electrons. The van der Waals surface area contributed by atoms with Gasteiger partial charge in [0.2, 0.25) is 6.29 Å². The zero-order valence-corrected chi connectivity index (χ0v) is 10.0. The lowest BCUT2D eigenvalue weighted by Gasteiger charge is -2.20. The first kappa shape index (κ1) is 12.8. The minimum atomic E-state index is -3.20. The molecule has 1 aromatic carbocycles. The van der Waals surface area contributed by atoms with Gasteiger partial charge in [-0.3, -0.25) is 0 Å². The Bertz CT molecular complexity index is 293. The van der Waals surface area contributed by atoms with E-state index in [1.807, 2.05) is 6.07 Å². The maximum Gasteiger partial charge on any atom is 0.306 e. The first-order chi connectivity index (χ1) is 7.06. The summed E-state index contributed by atoms with van der Waals surface area (Å²) in [5.41, 5.74) is 0.751. The monoisotopic (exact) mass is 328 g/mol. The fourth-order valence-corrected chi connectivity index (χ4v) is 1.31. The molecule has 15 heavy (non-hydrogen) atoms. The third-order valence-electron chi connectivity index (χ3n) is 1.79. The molecular formula is C10H11F2IO2. The van der Waals surface area contributed by atoms with E-state index in [0.29, 0.717) is 0 Å². The number of aliphatic hydroxyl groups is 1. The predicted molar refractivity (Wildman–Crippen MR) is 61.1 cm³/mol. The Balaban J connectivity index is 2.44. The van der Waals surface area contributed by atoms with Gasteiger partial charge in [-0.25, -0.2) is 8.78 Å². The van der Waals surface area contributed by atoms with E-state index >= 15 is 0 Å². The van der Waals surface area contributed by atoms with Crippen LogP contribution in [0.1, 0.15) is 5.56 Å². The Morgan fingerprint density at radius 1 is 1.33 bits per heavy atom. The smallest absolute Gasteiger partial charge is 0.306 e. The van der Waals surface area contributed by atoms with E-state index in [9.17, 15) is 8.78 Å². The number of halogens is 3. The molecule has 1 N–H and O–H groups in total. The van der Waals surface area contributed by atoms with E-state index in [4.69, 9.17) is 5.11 Å². The summed E-state index contributed by atoms with van der Waals surface area (Å²) in [6, 6.07) is 8.87. The van der Waals surface area contributed by atoms with E-state index in [-0.39, 0.29) is 6.61 Å². The summed E-state index contributed by atoms with van der Waals surface area (Å²) in [5, 5.41) is 9.06. The van der Waals surface area contributed by atoms with Crippen molar-refractivity contribution >= 4 is 22.6 Å². The van der Waals surface area contributed by atoms with Gasteiger partial charge in [0, 0.05) is 0 Å². The number of benzene rings is 1. The summed E-state index contributed by atoms with van der Waals surface area (Å²) in [5.74, 6) is -3.20. The molecule has 0 spiro atoms. The number of ether oxygens (including phenoxy) is 1. The second-order valence-corrected chi connectivity index (χ2v) is 3.81. The fourth-order valence-electron chi connectivity index (χ4n) is 0.937. The van der Waals surface area contributed by atoms with Crippen LogP contribution in [0.15, 0.2) is 30.3 Å². The average molecular weight is 328 g/mol. The fraction of sp³-hybridized carbons (Fsp3) is 0.400. The molecule has 0 aliphatic heterocycles. The maximum absolute atomic E-state index is 12.9. The van der Waals surface area contributed by atoms with E-state index in [1.54, 1.807) is 24.3 Å². The molecule has 5 heteroatoms. The lowest BCUT2D eigenvalue weighted by Crippen LogP contribution is -2.37. The normalized spacial score (nSPS) is 13.9. The molecule has 0 saturated heterocycles. The number of aliphatic hydroxyl groups excluding tert-OH is 1. The summed E-state index contributed by atoms with van der Waals surface area (Å²) in [4.78, 5) is 0. The predicted octanol–water partition coefficient (Wildman–Crippen LogP) is 2.59. The molecule has 2 nitrogen and oxygen atoms in total. The molecule has 0 radical (unpaired) electrons. The van der Waals surface area contributed by atoms with Crippen molar-refractivity contribution in [1.82, 2.24) is 0 Å². The van der Waals surface area contributed by atoms with Gasteiger partial charge < -0.3 is 9.84 Å². The van der Waals surface area contributed by atoms with Gasteiger partial charge in [-0.2, -0.15) is 0 Å². The SMILES string of the molecule is OC(OCc1ccccc1)C(F)(F)CI. The van der Waals surface area contributed by atoms with E-state index < -0.39 is 16.6 Å². The largest absolute Gasteiger partial charge is 0.363 e. The summed E-state index contributed by atoms with van der Waals surface area (Å²) in [6.45, 7) is -0.0196. The second kappa shape index (κ2) is 5.72. The number of hydrogen-bond acceptors (Lipinski definition) is 2. The van der Waals surface area contributed by atoms with Crippen molar-refractivity contribution in [3.63, 3.8) is 0 Å². The van der Waals surface area contributed by atoms with Gasteiger partial charge in [0.25, 0.3) is 0 Å². The van der Waals surface area contributed by atoms with E-state index in [0.717, 1.165) is 5.56 Å². The van der Waals surface area contributed by atoms with Crippen LogP contribution in [0.3, 0.4) is 0 Å². The summed E-state index contributed by atoms with van der Waals surface area (Å²) in [6.07, 6.45) is -2.05. The lowest BCUT2D eigenvalue weighted by atomic mass is 10.2. The van der Waals surface area contributed by atoms with Gasteiger partial charge in [-0.15, -0.1) is 0 Å². The molecule has 0 heterocycles. The highest BCUT2D eigenvalue weighted by Crippen LogP contribution is 2.23. The molecule has 1 unspecified atom stereocenters. The molecule has 0 fully saturated rings. The van der Waals surface area contributed by atoms with Crippen molar-refractivity contribution in [2.45, 2.75) is 18.8 Å². The molecule has 0 aliphatic rings. The van der Waals surface area contributed by atoms with Crippen LogP contribution in [0.2, 0.25) is 0 Å². The van der Waals surface area contributed by atoms with Crippen LogP contribution < -0.4 is 0 Å². The highest BCUT2D eigenvalue weighted by atomic mass is 127. The third kappa shape index (κ3) is 4.00. The van der Waals surface area contributed by atoms with Gasteiger partial charge in [0.05, 0.1) is 11.0 Å². The Hall–Kier alpha value is -0.270. The third-order valence-corrected chi connectivity index (χ3v) is 2.81. The van der Waals surface area contributed by atoms with Gasteiger partial charge in [0.15, 0.2) is 0 Å². The summed E-state index contributed by atoms with van der Waals surface area (Å²) >= 11 is 1.51. The van der Waals surface area contributed by atoms with Crippen molar-refractivity contribution in [2.75, 3.05) is 4.43 Å². The van der Waals surface area contributed by atoms with Crippen molar-refractivity contribution in [3.8, 4) is 0 Å². The molecule has 0 amide bonds. The molecule has 0 saturated carbocycles. The zero-order valence-electron chi connectivity index (χ0n) is 7.87. The van der Waals surface area contributed by atoms with Crippen molar-refractivity contribution in [2.24, 2.45) is 0 Å². The standard InChI is InChI=1S/C10H11F2IO2/c11-10(12,7-13)9(14)15-6-8-4-2-1-3-5-8/h1-5,9,14H,6-7H2. The van der Waals surface area contributed by atoms with Crippen LogP contribution in [-0.4, -0.2) is 21.7 Å². The Kier molecular flexibility index (Phi) is 4.88. The summed E-state index contributed by atoms with van der Waals surface area (Å²) in [7, 11) is 0. The van der Waals surface area contributed by atoms with Crippen molar-refractivity contribution in [1.29, 1.82) is 0 Å². The van der Waals surface area contributed by atoms with Gasteiger partial charge in [-0.1, -0.05) is 52.9 Å². The maximum atomic E-state index is 12.9.